The molecule has 7 nitrogen and oxygen atoms in total. The Labute approximate surface area is 157 Å². The van der Waals surface area contributed by atoms with Crippen molar-refractivity contribution in [2.45, 2.75) is 51.0 Å². The van der Waals surface area contributed by atoms with Gasteiger partial charge >= 0.3 is 5.97 Å². The average molecular weight is 365 g/mol. The predicted molar refractivity (Wildman–Crippen MR) is 103 cm³/mol. The van der Waals surface area contributed by atoms with E-state index >= 15 is 0 Å². The molecule has 1 aliphatic carbocycles. The lowest BCUT2D eigenvalue weighted by Crippen LogP contribution is -2.11. The zero-order valence-corrected chi connectivity index (χ0v) is 15.1. The zero-order chi connectivity index (χ0) is 18.6. The van der Waals surface area contributed by atoms with Gasteiger partial charge in [0, 0.05) is 11.9 Å². The molecule has 1 aliphatic rings. The second-order valence-electron chi connectivity index (χ2n) is 7.10. The van der Waals surface area contributed by atoms with Gasteiger partial charge in [0.25, 0.3) is 0 Å². The van der Waals surface area contributed by atoms with Crippen LogP contribution in [0.2, 0.25) is 0 Å². The summed E-state index contributed by atoms with van der Waals surface area (Å²) in [7, 11) is 0. The van der Waals surface area contributed by atoms with Gasteiger partial charge in [0.15, 0.2) is 5.65 Å². The molecule has 140 valence electrons. The summed E-state index contributed by atoms with van der Waals surface area (Å²) in [5.41, 5.74) is 2.45. The third-order valence-corrected chi connectivity index (χ3v) is 5.07. The van der Waals surface area contributed by atoms with Gasteiger partial charge in [0.05, 0.1) is 24.0 Å². The molecule has 1 aromatic carbocycles. The quantitative estimate of drug-likeness (QED) is 0.662. The molecule has 0 atom stereocenters. The molecule has 2 aromatic heterocycles. The molecular formula is C20H23N5O2. The second-order valence-corrected chi connectivity index (χ2v) is 7.10. The Hall–Kier alpha value is -2.96. The van der Waals surface area contributed by atoms with Crippen molar-refractivity contribution < 1.29 is 9.90 Å². The summed E-state index contributed by atoms with van der Waals surface area (Å²) >= 11 is 0. The normalized spacial score (nSPS) is 15.6. The number of hydrogen-bond acceptors (Lipinski definition) is 5. The van der Waals surface area contributed by atoms with Crippen LogP contribution in [-0.2, 0) is 11.2 Å². The maximum atomic E-state index is 10.8. The Morgan fingerprint density at radius 3 is 2.56 bits per heavy atom. The van der Waals surface area contributed by atoms with Crippen molar-refractivity contribution in [3.05, 3.63) is 42.2 Å². The van der Waals surface area contributed by atoms with Gasteiger partial charge in [0.1, 0.15) is 0 Å². The van der Waals surface area contributed by atoms with Gasteiger partial charge < -0.3 is 10.4 Å². The highest BCUT2D eigenvalue weighted by atomic mass is 16.4. The molecule has 0 bridgehead atoms. The van der Waals surface area contributed by atoms with Crippen molar-refractivity contribution in [1.82, 2.24) is 19.7 Å². The molecule has 1 saturated carbocycles. The standard InChI is InChI=1S/C20H23N5O2/c26-18(27)11-14-7-9-16(10-8-14)23-20-21-12-15-13-22-25(19(15)24-20)17-5-3-1-2-4-6-17/h7-10,12-13,17H,1-6,11H2,(H,26,27)(H,21,23,24). The number of carboxylic acids is 1. The molecule has 27 heavy (non-hydrogen) atoms. The molecule has 0 saturated heterocycles. The minimum absolute atomic E-state index is 0.0172. The first-order valence-corrected chi connectivity index (χ1v) is 9.47. The summed E-state index contributed by atoms with van der Waals surface area (Å²) in [6, 6.07) is 7.68. The van der Waals surface area contributed by atoms with Gasteiger partial charge in [-0.15, -0.1) is 0 Å². The molecular weight excluding hydrogens is 342 g/mol. The van der Waals surface area contributed by atoms with Crippen molar-refractivity contribution in [1.29, 1.82) is 0 Å². The molecule has 2 N–H and O–H groups in total. The number of hydrogen-bond donors (Lipinski definition) is 2. The van der Waals surface area contributed by atoms with Crippen LogP contribution in [-0.4, -0.2) is 30.8 Å². The van der Waals surface area contributed by atoms with Crippen LogP contribution in [0.4, 0.5) is 11.6 Å². The van der Waals surface area contributed by atoms with E-state index < -0.39 is 5.97 Å². The summed E-state index contributed by atoms with van der Waals surface area (Å²) in [5.74, 6) is -0.319. The lowest BCUT2D eigenvalue weighted by molar-refractivity contribution is -0.136. The Bertz CT molecular complexity index is 927. The van der Waals surface area contributed by atoms with E-state index in [0.29, 0.717) is 12.0 Å². The van der Waals surface area contributed by atoms with Gasteiger partial charge in [-0.25, -0.2) is 9.67 Å². The fraction of sp³-hybridized carbons (Fsp3) is 0.400. The summed E-state index contributed by atoms with van der Waals surface area (Å²) in [6.45, 7) is 0. The van der Waals surface area contributed by atoms with E-state index in [1.54, 1.807) is 18.3 Å². The fourth-order valence-electron chi connectivity index (χ4n) is 3.68. The Balaban J connectivity index is 1.55. The van der Waals surface area contributed by atoms with E-state index in [2.05, 4.69) is 20.1 Å². The topological polar surface area (TPSA) is 92.9 Å². The van der Waals surface area contributed by atoms with Crippen molar-refractivity contribution in [2.75, 3.05) is 5.32 Å². The lowest BCUT2D eigenvalue weighted by atomic mass is 10.1. The molecule has 4 rings (SSSR count). The average Bonchev–Trinajstić information content (AvgIpc) is 2.88. The van der Waals surface area contributed by atoms with Gasteiger partial charge in [-0.3, -0.25) is 4.79 Å². The van der Waals surface area contributed by atoms with Gasteiger partial charge in [-0.2, -0.15) is 10.1 Å². The second kappa shape index (κ2) is 7.73. The van der Waals surface area contributed by atoms with Crippen molar-refractivity contribution in [3.8, 4) is 0 Å². The number of rotatable bonds is 5. The number of aliphatic carboxylic acids is 1. The van der Waals surface area contributed by atoms with Crippen LogP contribution < -0.4 is 5.32 Å². The highest BCUT2D eigenvalue weighted by molar-refractivity contribution is 5.75. The number of fused-ring (bicyclic) bond motifs is 1. The van der Waals surface area contributed by atoms with E-state index in [0.717, 1.165) is 35.1 Å². The first-order chi connectivity index (χ1) is 13.2. The minimum Gasteiger partial charge on any atom is -0.481 e. The predicted octanol–water partition coefficient (Wildman–Crippen LogP) is 4.09. The summed E-state index contributed by atoms with van der Waals surface area (Å²) in [5, 5.41) is 17.6. The molecule has 0 spiro atoms. The van der Waals surface area contributed by atoms with Crippen LogP contribution in [0.25, 0.3) is 11.0 Å². The Kier molecular flexibility index (Phi) is 5.00. The maximum absolute atomic E-state index is 10.8. The SMILES string of the molecule is O=C(O)Cc1ccc(Nc2ncc3cnn(C4CCCCCC4)c3n2)cc1. The van der Waals surface area contributed by atoms with Gasteiger partial charge in [-0.1, -0.05) is 37.8 Å². The highest BCUT2D eigenvalue weighted by Gasteiger charge is 2.18. The third kappa shape index (κ3) is 4.07. The van der Waals surface area contributed by atoms with Crippen LogP contribution in [0, 0.1) is 0 Å². The number of anilines is 2. The van der Waals surface area contributed by atoms with Crippen LogP contribution >= 0.6 is 0 Å². The largest absolute Gasteiger partial charge is 0.481 e. The van der Waals surface area contributed by atoms with Crippen molar-refractivity contribution >= 4 is 28.6 Å². The first-order valence-electron chi connectivity index (χ1n) is 9.47. The zero-order valence-electron chi connectivity index (χ0n) is 15.1. The van der Waals surface area contributed by atoms with Crippen LogP contribution in [0.1, 0.15) is 50.1 Å². The molecule has 0 amide bonds. The molecule has 3 aromatic rings. The summed E-state index contributed by atoms with van der Waals surface area (Å²) < 4.78 is 2.06. The van der Waals surface area contributed by atoms with Crippen molar-refractivity contribution in [2.24, 2.45) is 0 Å². The first kappa shape index (κ1) is 17.5. The van der Waals surface area contributed by atoms with E-state index in [1.165, 1.54) is 25.7 Å². The third-order valence-electron chi connectivity index (χ3n) is 5.07. The molecule has 2 heterocycles. The molecule has 0 radical (unpaired) electrons. The molecule has 0 unspecified atom stereocenters. The van der Waals surface area contributed by atoms with E-state index in [1.807, 2.05) is 18.3 Å². The number of benzene rings is 1. The van der Waals surface area contributed by atoms with Gasteiger partial charge in [-0.05, 0) is 30.5 Å². The van der Waals surface area contributed by atoms with Crippen LogP contribution in [0.15, 0.2) is 36.7 Å². The Morgan fingerprint density at radius 2 is 1.85 bits per heavy atom. The highest BCUT2D eigenvalue weighted by Crippen LogP contribution is 2.29. The minimum atomic E-state index is -0.837. The monoisotopic (exact) mass is 365 g/mol. The number of carbonyl (C=O) groups is 1. The smallest absolute Gasteiger partial charge is 0.307 e. The van der Waals surface area contributed by atoms with E-state index in [-0.39, 0.29) is 6.42 Å². The molecule has 1 fully saturated rings. The van der Waals surface area contributed by atoms with Crippen molar-refractivity contribution in [3.63, 3.8) is 0 Å². The van der Waals surface area contributed by atoms with Crippen LogP contribution in [0.3, 0.4) is 0 Å². The summed E-state index contributed by atoms with van der Waals surface area (Å²) in [4.78, 5) is 19.9. The van der Waals surface area contributed by atoms with E-state index in [9.17, 15) is 4.79 Å². The number of carboxylic acid groups (broad SMARTS) is 1. The van der Waals surface area contributed by atoms with E-state index in [4.69, 9.17) is 10.1 Å². The summed E-state index contributed by atoms with van der Waals surface area (Å²) in [6.07, 6.45) is 11.0. The number of nitrogens with zero attached hydrogens (tertiary/aromatic N) is 4. The maximum Gasteiger partial charge on any atom is 0.307 e. The molecule has 7 heteroatoms. The number of aromatic nitrogens is 4. The van der Waals surface area contributed by atoms with Gasteiger partial charge in [0.2, 0.25) is 5.95 Å². The number of nitrogens with one attached hydrogen (secondary N) is 1. The molecule has 0 aliphatic heterocycles. The lowest BCUT2D eigenvalue weighted by Gasteiger charge is -2.15. The van der Waals surface area contributed by atoms with Crippen LogP contribution in [0.5, 0.6) is 0 Å². The Morgan fingerprint density at radius 1 is 1.11 bits per heavy atom. The fourth-order valence-corrected chi connectivity index (χ4v) is 3.68.